The molecule has 3 rings (SSSR count). The molecule has 176 valence electrons. The quantitative estimate of drug-likeness (QED) is 0.104. The molecule has 1 unspecified atom stereocenters. The molecule has 1 heterocycles. The number of aromatic nitrogens is 1. The SMILES string of the molecule is CCCNc1nc(-c2ccc(OC(C)CCCOc3ccc(C(N)=NO)cc3)cc2)c(C)s1. The summed E-state index contributed by atoms with van der Waals surface area (Å²) in [6, 6.07) is 15.3. The largest absolute Gasteiger partial charge is 0.494 e. The molecule has 0 aliphatic rings. The first-order chi connectivity index (χ1) is 16.0. The van der Waals surface area contributed by atoms with E-state index >= 15 is 0 Å². The minimum Gasteiger partial charge on any atom is -0.494 e. The molecule has 0 radical (unpaired) electrons. The van der Waals surface area contributed by atoms with Crippen LogP contribution < -0.4 is 20.5 Å². The highest BCUT2D eigenvalue weighted by Crippen LogP contribution is 2.31. The van der Waals surface area contributed by atoms with Crippen molar-refractivity contribution < 1.29 is 14.7 Å². The van der Waals surface area contributed by atoms with E-state index in [9.17, 15) is 0 Å². The van der Waals surface area contributed by atoms with Gasteiger partial charge in [0.05, 0.1) is 18.4 Å². The topological polar surface area (TPSA) is 102 Å². The number of nitrogens with one attached hydrogen (secondary N) is 1. The number of anilines is 1. The van der Waals surface area contributed by atoms with Gasteiger partial charge in [0.2, 0.25) is 0 Å². The molecule has 0 saturated carbocycles. The van der Waals surface area contributed by atoms with E-state index < -0.39 is 0 Å². The van der Waals surface area contributed by atoms with Gasteiger partial charge >= 0.3 is 0 Å². The third kappa shape index (κ3) is 7.12. The first kappa shape index (κ1) is 24.4. The Morgan fingerprint density at radius 3 is 2.52 bits per heavy atom. The van der Waals surface area contributed by atoms with Gasteiger partial charge in [0.1, 0.15) is 11.5 Å². The average molecular weight is 469 g/mol. The van der Waals surface area contributed by atoms with Gasteiger partial charge in [-0.3, -0.25) is 0 Å². The predicted molar refractivity (Wildman–Crippen MR) is 135 cm³/mol. The maximum atomic E-state index is 8.71. The van der Waals surface area contributed by atoms with Crippen LogP contribution in [0, 0.1) is 6.92 Å². The molecule has 1 aromatic heterocycles. The monoisotopic (exact) mass is 468 g/mol. The van der Waals surface area contributed by atoms with Crippen LogP contribution in [0.15, 0.2) is 53.7 Å². The van der Waals surface area contributed by atoms with E-state index in [0.29, 0.717) is 12.2 Å². The Bertz CT molecular complexity index is 1030. The Morgan fingerprint density at radius 1 is 1.15 bits per heavy atom. The van der Waals surface area contributed by atoms with E-state index in [0.717, 1.165) is 53.7 Å². The van der Waals surface area contributed by atoms with E-state index in [1.807, 2.05) is 24.3 Å². The number of benzene rings is 2. The smallest absolute Gasteiger partial charge is 0.183 e. The first-order valence-electron chi connectivity index (χ1n) is 11.2. The zero-order valence-corrected chi connectivity index (χ0v) is 20.2. The lowest BCUT2D eigenvalue weighted by Gasteiger charge is -2.15. The van der Waals surface area contributed by atoms with Crippen molar-refractivity contribution in [2.24, 2.45) is 10.9 Å². The maximum absolute atomic E-state index is 8.71. The van der Waals surface area contributed by atoms with Crippen LogP contribution in [0.2, 0.25) is 0 Å². The summed E-state index contributed by atoms with van der Waals surface area (Å²) in [5.74, 6) is 1.68. The van der Waals surface area contributed by atoms with Crippen molar-refractivity contribution in [1.29, 1.82) is 0 Å². The van der Waals surface area contributed by atoms with Crippen molar-refractivity contribution in [1.82, 2.24) is 4.98 Å². The third-order valence-electron chi connectivity index (χ3n) is 5.07. The van der Waals surface area contributed by atoms with Crippen LogP contribution in [0.1, 0.15) is 43.6 Å². The van der Waals surface area contributed by atoms with E-state index in [2.05, 4.69) is 43.4 Å². The number of aryl methyl sites for hydroxylation is 1. The minimum absolute atomic E-state index is 0.0771. The van der Waals surface area contributed by atoms with Crippen molar-refractivity contribution in [3.63, 3.8) is 0 Å². The van der Waals surface area contributed by atoms with Gasteiger partial charge < -0.3 is 25.7 Å². The molecule has 0 spiro atoms. The third-order valence-corrected chi connectivity index (χ3v) is 6.00. The zero-order valence-electron chi connectivity index (χ0n) is 19.4. The molecule has 3 aromatic rings. The van der Waals surface area contributed by atoms with Crippen molar-refractivity contribution in [3.8, 4) is 22.8 Å². The second-order valence-electron chi connectivity index (χ2n) is 7.80. The van der Waals surface area contributed by atoms with Gasteiger partial charge in [0, 0.05) is 22.5 Å². The first-order valence-corrected chi connectivity index (χ1v) is 12.0. The number of thiazole rings is 1. The van der Waals surface area contributed by atoms with Crippen LogP contribution in [0.3, 0.4) is 0 Å². The van der Waals surface area contributed by atoms with Gasteiger partial charge in [0.15, 0.2) is 11.0 Å². The molecule has 0 fully saturated rings. The summed E-state index contributed by atoms with van der Waals surface area (Å²) in [5.41, 5.74) is 8.33. The second kappa shape index (κ2) is 12.1. The molecule has 33 heavy (non-hydrogen) atoms. The number of nitrogens with zero attached hydrogens (tertiary/aromatic N) is 2. The van der Waals surface area contributed by atoms with E-state index in [-0.39, 0.29) is 11.9 Å². The summed E-state index contributed by atoms with van der Waals surface area (Å²) >= 11 is 1.69. The van der Waals surface area contributed by atoms with Crippen LogP contribution in [0.25, 0.3) is 11.3 Å². The van der Waals surface area contributed by atoms with Gasteiger partial charge in [-0.2, -0.15) is 0 Å². The summed E-state index contributed by atoms with van der Waals surface area (Å²) in [7, 11) is 0. The van der Waals surface area contributed by atoms with Gasteiger partial charge in [-0.1, -0.05) is 12.1 Å². The Hall–Kier alpha value is -3.26. The lowest BCUT2D eigenvalue weighted by molar-refractivity contribution is 0.193. The fraction of sp³-hybridized carbons (Fsp3) is 0.360. The van der Waals surface area contributed by atoms with Gasteiger partial charge in [-0.15, -0.1) is 11.3 Å². The standard InChI is InChI=1S/C25H32N4O3S/c1-4-15-27-25-28-23(18(3)33-25)19-7-13-22(14-8-19)32-17(2)6-5-16-31-21-11-9-20(10-12-21)24(26)29-30/h7-14,17,30H,4-6,15-16H2,1-3H3,(H2,26,29)(H,27,28). The van der Waals surface area contributed by atoms with Crippen LogP contribution >= 0.6 is 11.3 Å². The lowest BCUT2D eigenvalue weighted by Crippen LogP contribution is -2.13. The molecule has 1 atom stereocenters. The molecule has 7 nitrogen and oxygen atoms in total. The number of rotatable bonds is 12. The fourth-order valence-electron chi connectivity index (χ4n) is 3.29. The highest BCUT2D eigenvalue weighted by molar-refractivity contribution is 7.16. The van der Waals surface area contributed by atoms with Crippen molar-refractivity contribution in [2.75, 3.05) is 18.5 Å². The zero-order chi connectivity index (χ0) is 23.6. The number of hydrogen-bond acceptors (Lipinski definition) is 7. The molecular weight excluding hydrogens is 436 g/mol. The van der Waals surface area contributed by atoms with Gasteiger partial charge in [0.25, 0.3) is 0 Å². The summed E-state index contributed by atoms with van der Waals surface area (Å²) in [4.78, 5) is 5.93. The number of oxime groups is 1. The Kier molecular flexibility index (Phi) is 8.95. The lowest BCUT2D eigenvalue weighted by atomic mass is 10.1. The summed E-state index contributed by atoms with van der Waals surface area (Å²) in [6.07, 6.45) is 2.90. The van der Waals surface area contributed by atoms with Crippen LogP contribution in [-0.4, -0.2) is 35.3 Å². The van der Waals surface area contributed by atoms with Gasteiger partial charge in [-0.25, -0.2) is 4.98 Å². The van der Waals surface area contributed by atoms with E-state index in [4.69, 9.17) is 25.4 Å². The Labute approximate surface area is 199 Å². The minimum atomic E-state index is 0.0771. The number of amidine groups is 1. The van der Waals surface area contributed by atoms with Crippen LogP contribution in [0.5, 0.6) is 11.5 Å². The molecule has 0 aliphatic carbocycles. The number of hydrogen-bond donors (Lipinski definition) is 3. The molecule has 0 saturated heterocycles. The summed E-state index contributed by atoms with van der Waals surface area (Å²) in [5, 5.41) is 16.0. The molecule has 0 aliphatic heterocycles. The molecule has 4 N–H and O–H groups in total. The second-order valence-corrected chi connectivity index (χ2v) is 9.01. The molecular formula is C25H32N4O3S. The number of ether oxygens (including phenoxy) is 2. The van der Waals surface area contributed by atoms with Crippen molar-refractivity contribution in [2.45, 2.75) is 46.1 Å². The Morgan fingerprint density at radius 2 is 1.85 bits per heavy atom. The van der Waals surface area contributed by atoms with Gasteiger partial charge in [-0.05, 0) is 81.6 Å². The Balaban J connectivity index is 1.43. The van der Waals surface area contributed by atoms with E-state index in [1.54, 1.807) is 23.5 Å². The van der Waals surface area contributed by atoms with Crippen LogP contribution in [0.4, 0.5) is 5.13 Å². The highest BCUT2D eigenvalue weighted by atomic mass is 32.1. The maximum Gasteiger partial charge on any atom is 0.183 e. The summed E-state index contributed by atoms with van der Waals surface area (Å²) in [6.45, 7) is 7.84. The summed E-state index contributed by atoms with van der Waals surface area (Å²) < 4.78 is 11.8. The molecule has 8 heteroatoms. The average Bonchev–Trinajstić information content (AvgIpc) is 3.21. The van der Waals surface area contributed by atoms with Crippen LogP contribution in [-0.2, 0) is 0 Å². The molecule has 0 bridgehead atoms. The highest BCUT2D eigenvalue weighted by Gasteiger charge is 2.11. The molecule has 0 amide bonds. The fourth-order valence-corrected chi connectivity index (χ4v) is 4.16. The molecule has 2 aromatic carbocycles. The predicted octanol–water partition coefficient (Wildman–Crippen LogP) is 5.66. The number of nitrogens with two attached hydrogens (primary N) is 1. The normalized spacial score (nSPS) is 12.4. The van der Waals surface area contributed by atoms with E-state index in [1.165, 1.54) is 4.88 Å². The van der Waals surface area contributed by atoms with Crippen molar-refractivity contribution in [3.05, 3.63) is 59.0 Å². The van der Waals surface area contributed by atoms with Crippen molar-refractivity contribution >= 4 is 22.3 Å².